The molecule has 1 amide bonds. The van der Waals surface area contributed by atoms with Crippen molar-refractivity contribution in [2.24, 2.45) is 5.92 Å². The first-order valence-electron chi connectivity index (χ1n) is 6.55. The first kappa shape index (κ1) is 12.5. The number of carbonyl (C=O) groups is 1. The molecule has 0 N–H and O–H groups in total. The van der Waals surface area contributed by atoms with Crippen LogP contribution in [0, 0.1) is 17.2 Å². The quantitative estimate of drug-likeness (QED) is 0.855. The topological polar surface area (TPSA) is 53.3 Å². The average Bonchev–Trinajstić information content (AvgIpc) is 2.44. The number of hydrogen-bond acceptors (Lipinski definition) is 3. The van der Waals surface area contributed by atoms with E-state index in [2.05, 4.69) is 6.07 Å². The van der Waals surface area contributed by atoms with E-state index in [1.807, 2.05) is 42.5 Å². The highest BCUT2D eigenvalue weighted by Gasteiger charge is 2.30. The van der Waals surface area contributed by atoms with Gasteiger partial charge in [0.1, 0.15) is 5.75 Å². The van der Waals surface area contributed by atoms with Gasteiger partial charge in [-0.05, 0) is 22.9 Å². The van der Waals surface area contributed by atoms with Crippen molar-refractivity contribution in [3.63, 3.8) is 0 Å². The van der Waals surface area contributed by atoms with Crippen LogP contribution in [-0.2, 0) is 4.79 Å². The van der Waals surface area contributed by atoms with E-state index < -0.39 is 0 Å². The number of carbonyl (C=O) groups excluding carboxylic acids is 1. The Kier molecular flexibility index (Phi) is 3.26. The van der Waals surface area contributed by atoms with E-state index in [1.165, 1.54) is 0 Å². The molecule has 1 aliphatic heterocycles. The summed E-state index contributed by atoms with van der Waals surface area (Å²) in [6.45, 7) is 1.07. The summed E-state index contributed by atoms with van der Waals surface area (Å²) in [5.41, 5.74) is 0. The summed E-state index contributed by atoms with van der Waals surface area (Å²) in [5.74, 6) is 0.610. The second kappa shape index (κ2) is 5.22. The van der Waals surface area contributed by atoms with Gasteiger partial charge in [0.25, 0.3) is 5.91 Å². The zero-order valence-corrected chi connectivity index (χ0v) is 11.0. The molecular weight excluding hydrogens is 252 g/mol. The predicted octanol–water partition coefficient (Wildman–Crippen LogP) is 2.20. The molecule has 0 saturated carbocycles. The molecule has 0 spiro atoms. The monoisotopic (exact) mass is 266 g/mol. The van der Waals surface area contributed by atoms with Crippen LogP contribution in [0.5, 0.6) is 5.75 Å². The van der Waals surface area contributed by atoms with Crippen LogP contribution in [-0.4, -0.2) is 30.5 Å². The number of nitrogens with zero attached hydrogens (tertiary/aromatic N) is 2. The molecule has 1 fully saturated rings. The summed E-state index contributed by atoms with van der Waals surface area (Å²) in [7, 11) is 0. The van der Waals surface area contributed by atoms with Crippen molar-refractivity contribution in [2.45, 2.75) is 0 Å². The van der Waals surface area contributed by atoms with E-state index in [-0.39, 0.29) is 18.4 Å². The van der Waals surface area contributed by atoms with Crippen molar-refractivity contribution in [3.05, 3.63) is 42.5 Å². The maximum absolute atomic E-state index is 11.8. The Labute approximate surface area is 117 Å². The second-order valence-corrected chi connectivity index (χ2v) is 4.92. The Morgan fingerprint density at radius 1 is 1.25 bits per heavy atom. The first-order valence-corrected chi connectivity index (χ1v) is 6.55. The van der Waals surface area contributed by atoms with Crippen LogP contribution in [0.1, 0.15) is 0 Å². The number of rotatable bonds is 3. The number of amides is 1. The lowest BCUT2D eigenvalue weighted by atomic mass is 10.0. The standard InChI is InChI=1S/C16H14N2O2/c17-8-12-9-18(10-12)16(19)11-20-15-6-5-13-3-1-2-4-14(13)7-15/h1-7,12H,9-11H2. The molecule has 0 atom stereocenters. The van der Waals surface area contributed by atoms with Crippen LogP contribution in [0.4, 0.5) is 0 Å². The fourth-order valence-corrected chi connectivity index (χ4v) is 2.26. The number of ether oxygens (including phenoxy) is 1. The molecule has 20 heavy (non-hydrogen) atoms. The van der Waals surface area contributed by atoms with Crippen LogP contribution in [0.25, 0.3) is 10.8 Å². The fraction of sp³-hybridized carbons (Fsp3) is 0.250. The molecule has 100 valence electrons. The van der Waals surface area contributed by atoms with Crippen molar-refractivity contribution >= 4 is 16.7 Å². The van der Waals surface area contributed by atoms with Crippen molar-refractivity contribution in [2.75, 3.05) is 19.7 Å². The van der Waals surface area contributed by atoms with Crippen LogP contribution < -0.4 is 4.74 Å². The van der Waals surface area contributed by atoms with Gasteiger partial charge in [-0.1, -0.05) is 30.3 Å². The van der Waals surface area contributed by atoms with Gasteiger partial charge in [-0.15, -0.1) is 0 Å². The number of hydrogen-bond donors (Lipinski definition) is 0. The molecule has 0 radical (unpaired) electrons. The SMILES string of the molecule is N#CC1CN(C(=O)COc2ccc3ccccc3c2)C1. The minimum Gasteiger partial charge on any atom is -0.484 e. The van der Waals surface area contributed by atoms with Crippen molar-refractivity contribution in [1.29, 1.82) is 5.26 Å². The van der Waals surface area contributed by atoms with Crippen molar-refractivity contribution in [1.82, 2.24) is 4.90 Å². The molecular formula is C16H14N2O2. The Bertz CT molecular complexity index is 684. The van der Waals surface area contributed by atoms with Crippen molar-refractivity contribution in [3.8, 4) is 11.8 Å². The van der Waals surface area contributed by atoms with E-state index >= 15 is 0 Å². The van der Waals surface area contributed by atoms with Gasteiger partial charge in [0.15, 0.2) is 6.61 Å². The summed E-state index contributed by atoms with van der Waals surface area (Å²) < 4.78 is 5.53. The minimum absolute atomic E-state index is 0.0142. The molecule has 2 aromatic carbocycles. The Balaban J connectivity index is 1.60. The number of likely N-dealkylation sites (tertiary alicyclic amines) is 1. The van der Waals surface area contributed by atoms with E-state index in [1.54, 1.807) is 4.90 Å². The Morgan fingerprint density at radius 2 is 2.00 bits per heavy atom. The van der Waals surface area contributed by atoms with Crippen LogP contribution >= 0.6 is 0 Å². The second-order valence-electron chi connectivity index (χ2n) is 4.92. The summed E-state index contributed by atoms with van der Waals surface area (Å²) in [5, 5.41) is 10.9. The van der Waals surface area contributed by atoms with Gasteiger partial charge in [-0.25, -0.2) is 0 Å². The maximum Gasteiger partial charge on any atom is 0.260 e. The van der Waals surface area contributed by atoms with E-state index in [0.717, 1.165) is 10.8 Å². The third-order valence-electron chi connectivity index (χ3n) is 3.50. The van der Waals surface area contributed by atoms with Crippen LogP contribution in [0.2, 0.25) is 0 Å². The number of nitriles is 1. The largest absolute Gasteiger partial charge is 0.484 e. The van der Waals surface area contributed by atoms with Gasteiger partial charge in [-0.2, -0.15) is 5.26 Å². The zero-order valence-electron chi connectivity index (χ0n) is 11.0. The third-order valence-corrected chi connectivity index (χ3v) is 3.50. The molecule has 0 aliphatic carbocycles. The van der Waals surface area contributed by atoms with Crippen LogP contribution in [0.15, 0.2) is 42.5 Å². The normalized spacial score (nSPS) is 14.7. The van der Waals surface area contributed by atoms with Gasteiger partial charge in [0.05, 0.1) is 12.0 Å². The summed E-state index contributed by atoms with van der Waals surface area (Å²) in [4.78, 5) is 13.5. The van der Waals surface area contributed by atoms with Gasteiger partial charge in [0, 0.05) is 13.1 Å². The highest BCUT2D eigenvalue weighted by atomic mass is 16.5. The maximum atomic E-state index is 11.8. The summed E-state index contributed by atoms with van der Waals surface area (Å²) >= 11 is 0. The molecule has 1 aliphatic rings. The van der Waals surface area contributed by atoms with E-state index in [0.29, 0.717) is 18.8 Å². The molecule has 0 aromatic heterocycles. The summed E-state index contributed by atoms with van der Waals surface area (Å²) in [6.07, 6.45) is 0. The highest BCUT2D eigenvalue weighted by Crippen LogP contribution is 2.21. The highest BCUT2D eigenvalue weighted by molar-refractivity contribution is 5.84. The molecule has 0 unspecified atom stereocenters. The molecule has 4 nitrogen and oxygen atoms in total. The van der Waals surface area contributed by atoms with E-state index in [9.17, 15) is 4.79 Å². The molecule has 0 bridgehead atoms. The molecule has 2 aromatic rings. The lowest BCUT2D eigenvalue weighted by Crippen LogP contribution is -2.50. The fourth-order valence-electron chi connectivity index (χ4n) is 2.26. The Hall–Kier alpha value is -2.54. The van der Waals surface area contributed by atoms with Gasteiger partial charge in [0.2, 0.25) is 0 Å². The Morgan fingerprint density at radius 3 is 2.75 bits per heavy atom. The molecule has 3 rings (SSSR count). The predicted molar refractivity (Wildman–Crippen MR) is 75.1 cm³/mol. The van der Waals surface area contributed by atoms with Gasteiger partial charge < -0.3 is 9.64 Å². The smallest absolute Gasteiger partial charge is 0.260 e. The number of benzene rings is 2. The van der Waals surface area contributed by atoms with Crippen LogP contribution in [0.3, 0.4) is 0 Å². The average molecular weight is 266 g/mol. The molecule has 1 heterocycles. The van der Waals surface area contributed by atoms with E-state index in [4.69, 9.17) is 10.00 Å². The third kappa shape index (κ3) is 2.43. The molecule has 1 saturated heterocycles. The number of fused-ring (bicyclic) bond motifs is 1. The molecule has 4 heteroatoms. The summed E-state index contributed by atoms with van der Waals surface area (Å²) in [6, 6.07) is 15.9. The zero-order chi connectivity index (χ0) is 13.9. The van der Waals surface area contributed by atoms with Crippen molar-refractivity contribution < 1.29 is 9.53 Å². The lowest BCUT2D eigenvalue weighted by Gasteiger charge is -2.35. The lowest BCUT2D eigenvalue weighted by molar-refractivity contribution is -0.138. The van der Waals surface area contributed by atoms with Gasteiger partial charge >= 0.3 is 0 Å². The van der Waals surface area contributed by atoms with Gasteiger partial charge in [-0.3, -0.25) is 4.79 Å². The first-order chi connectivity index (χ1) is 9.76. The minimum atomic E-state index is -0.0651.